The van der Waals surface area contributed by atoms with Crippen LogP contribution in [0.4, 0.5) is 16.3 Å². The zero-order chi connectivity index (χ0) is 15.0. The highest BCUT2D eigenvalue weighted by atomic mass is 16.2. The van der Waals surface area contributed by atoms with E-state index in [9.17, 15) is 9.59 Å². The minimum Gasteiger partial charge on any atom is -0.368 e. The molecule has 0 saturated carbocycles. The molecule has 1 aromatic heterocycles. The SMILES string of the molecule is CC(C(N)=O)N(C)c1ccc2c(n1)CN(C)C(=O)N2C. The highest BCUT2D eigenvalue weighted by molar-refractivity contribution is 5.94. The Morgan fingerprint density at radius 1 is 1.45 bits per heavy atom. The van der Waals surface area contributed by atoms with Crippen molar-refractivity contribution in [2.45, 2.75) is 19.5 Å². The van der Waals surface area contributed by atoms with E-state index >= 15 is 0 Å². The Balaban J connectivity index is 2.35. The summed E-state index contributed by atoms with van der Waals surface area (Å²) in [7, 11) is 5.21. The van der Waals surface area contributed by atoms with Gasteiger partial charge in [0, 0.05) is 21.1 Å². The molecule has 7 nitrogen and oxygen atoms in total. The molecular formula is C13H19N5O2. The number of anilines is 2. The minimum absolute atomic E-state index is 0.0640. The van der Waals surface area contributed by atoms with Gasteiger partial charge < -0.3 is 15.5 Å². The highest BCUT2D eigenvalue weighted by Gasteiger charge is 2.27. The lowest BCUT2D eigenvalue weighted by Crippen LogP contribution is -2.44. The third kappa shape index (κ3) is 2.26. The molecule has 3 amide bonds. The van der Waals surface area contributed by atoms with Gasteiger partial charge in [-0.2, -0.15) is 0 Å². The lowest BCUT2D eigenvalue weighted by molar-refractivity contribution is -0.118. The van der Waals surface area contributed by atoms with Gasteiger partial charge in [-0.3, -0.25) is 9.69 Å². The van der Waals surface area contributed by atoms with Crippen LogP contribution in [0, 0.1) is 0 Å². The van der Waals surface area contributed by atoms with Crippen LogP contribution >= 0.6 is 0 Å². The monoisotopic (exact) mass is 277 g/mol. The number of hydrogen-bond donors (Lipinski definition) is 1. The maximum Gasteiger partial charge on any atom is 0.324 e. The molecule has 0 saturated heterocycles. The molecule has 1 aliphatic heterocycles. The molecule has 1 atom stereocenters. The van der Waals surface area contributed by atoms with Crippen LogP contribution < -0.4 is 15.5 Å². The molecule has 0 aromatic carbocycles. The van der Waals surface area contributed by atoms with Gasteiger partial charge in [-0.05, 0) is 19.1 Å². The number of hydrogen-bond acceptors (Lipinski definition) is 4. The van der Waals surface area contributed by atoms with Crippen LogP contribution in [-0.4, -0.2) is 49.0 Å². The van der Waals surface area contributed by atoms with Gasteiger partial charge in [0.25, 0.3) is 0 Å². The quantitative estimate of drug-likeness (QED) is 0.866. The lowest BCUT2D eigenvalue weighted by Gasteiger charge is -2.33. The van der Waals surface area contributed by atoms with E-state index in [0.29, 0.717) is 12.4 Å². The first kappa shape index (κ1) is 14.1. The molecule has 0 spiro atoms. The van der Waals surface area contributed by atoms with Crippen LogP contribution in [0.15, 0.2) is 12.1 Å². The molecule has 108 valence electrons. The second-order valence-electron chi connectivity index (χ2n) is 5.02. The summed E-state index contributed by atoms with van der Waals surface area (Å²) in [6.45, 7) is 2.18. The first-order valence-electron chi connectivity index (χ1n) is 6.33. The maximum atomic E-state index is 11.9. The number of nitrogens with two attached hydrogens (primary N) is 1. The molecule has 2 rings (SSSR count). The number of nitrogens with zero attached hydrogens (tertiary/aromatic N) is 4. The Hall–Kier alpha value is -2.31. The summed E-state index contributed by atoms with van der Waals surface area (Å²) in [5, 5.41) is 0. The average molecular weight is 277 g/mol. The number of aromatic nitrogens is 1. The Morgan fingerprint density at radius 3 is 2.70 bits per heavy atom. The standard InChI is InChI=1S/C13H19N5O2/c1-8(12(14)19)17(3)11-6-5-10-9(15-11)7-16(2)13(20)18(10)4/h5-6,8H,7H2,1-4H3,(H2,14,19). The van der Waals surface area contributed by atoms with Gasteiger partial charge >= 0.3 is 6.03 Å². The second kappa shape index (κ2) is 4.99. The number of amides is 3. The van der Waals surface area contributed by atoms with E-state index < -0.39 is 11.9 Å². The Labute approximate surface area is 118 Å². The predicted octanol–water partition coefficient (Wildman–Crippen LogP) is 0.393. The summed E-state index contributed by atoms with van der Waals surface area (Å²) in [6, 6.07) is 3.12. The van der Waals surface area contributed by atoms with Gasteiger partial charge in [-0.15, -0.1) is 0 Å². The van der Waals surface area contributed by atoms with Gasteiger partial charge in [-0.25, -0.2) is 9.78 Å². The molecule has 0 radical (unpaired) electrons. The first-order chi connectivity index (χ1) is 9.32. The Morgan fingerprint density at radius 2 is 2.10 bits per heavy atom. The van der Waals surface area contributed by atoms with Crippen LogP contribution in [-0.2, 0) is 11.3 Å². The van der Waals surface area contributed by atoms with Crippen molar-refractivity contribution in [1.82, 2.24) is 9.88 Å². The first-order valence-corrected chi connectivity index (χ1v) is 6.33. The Kier molecular flexibility index (Phi) is 3.52. The van der Waals surface area contributed by atoms with E-state index in [0.717, 1.165) is 11.4 Å². The summed E-state index contributed by atoms with van der Waals surface area (Å²) in [6.07, 6.45) is 0. The van der Waals surface area contributed by atoms with Gasteiger partial charge in [0.15, 0.2) is 0 Å². The minimum atomic E-state index is -0.443. The number of pyridine rings is 1. The second-order valence-corrected chi connectivity index (χ2v) is 5.02. The normalized spacial score (nSPS) is 15.9. The van der Waals surface area contributed by atoms with Crippen LogP contribution in [0.1, 0.15) is 12.6 Å². The van der Waals surface area contributed by atoms with Gasteiger partial charge in [-0.1, -0.05) is 0 Å². The van der Waals surface area contributed by atoms with Crippen LogP contribution in [0.25, 0.3) is 0 Å². The molecule has 0 fully saturated rings. The number of rotatable bonds is 3. The molecule has 2 N–H and O–H groups in total. The number of likely N-dealkylation sites (N-methyl/N-ethyl adjacent to an activating group) is 1. The van der Waals surface area contributed by atoms with Crippen molar-refractivity contribution in [1.29, 1.82) is 0 Å². The summed E-state index contributed by atoms with van der Waals surface area (Å²) in [4.78, 5) is 32.5. The molecule has 1 aromatic rings. The zero-order valence-corrected chi connectivity index (χ0v) is 12.1. The number of carbonyl (C=O) groups is 2. The lowest BCUT2D eigenvalue weighted by atomic mass is 10.2. The summed E-state index contributed by atoms with van der Waals surface area (Å²) < 4.78 is 0. The third-order valence-corrected chi connectivity index (χ3v) is 3.65. The predicted molar refractivity (Wildman–Crippen MR) is 76.6 cm³/mol. The molecule has 20 heavy (non-hydrogen) atoms. The van der Waals surface area contributed by atoms with Crippen molar-refractivity contribution in [3.8, 4) is 0 Å². The maximum absolute atomic E-state index is 11.9. The topological polar surface area (TPSA) is 82.8 Å². The fraction of sp³-hybridized carbons (Fsp3) is 0.462. The molecule has 7 heteroatoms. The number of carbonyl (C=O) groups excluding carboxylic acids is 2. The van der Waals surface area contributed by atoms with Crippen LogP contribution in [0.2, 0.25) is 0 Å². The molecule has 0 aliphatic carbocycles. The van der Waals surface area contributed by atoms with Gasteiger partial charge in [0.1, 0.15) is 11.9 Å². The van der Waals surface area contributed by atoms with Crippen molar-refractivity contribution in [2.75, 3.05) is 30.9 Å². The number of primary amides is 1. The van der Waals surface area contributed by atoms with E-state index in [1.807, 2.05) is 6.07 Å². The summed E-state index contributed by atoms with van der Waals surface area (Å²) in [5.41, 5.74) is 6.90. The van der Waals surface area contributed by atoms with Crippen molar-refractivity contribution in [3.05, 3.63) is 17.8 Å². The Bertz CT molecular complexity index is 560. The number of urea groups is 1. The fourth-order valence-corrected chi connectivity index (χ4v) is 2.14. The third-order valence-electron chi connectivity index (χ3n) is 3.65. The molecular weight excluding hydrogens is 258 g/mol. The van der Waals surface area contributed by atoms with Crippen molar-refractivity contribution in [2.24, 2.45) is 5.73 Å². The van der Waals surface area contributed by atoms with Crippen molar-refractivity contribution in [3.63, 3.8) is 0 Å². The largest absolute Gasteiger partial charge is 0.368 e. The van der Waals surface area contributed by atoms with Crippen LogP contribution in [0.3, 0.4) is 0 Å². The summed E-state index contributed by atoms with van der Waals surface area (Å²) in [5.74, 6) is 0.252. The van der Waals surface area contributed by atoms with Crippen molar-refractivity contribution < 1.29 is 9.59 Å². The zero-order valence-electron chi connectivity index (χ0n) is 12.1. The van der Waals surface area contributed by atoms with E-state index in [1.165, 1.54) is 0 Å². The van der Waals surface area contributed by atoms with Crippen molar-refractivity contribution >= 4 is 23.4 Å². The van der Waals surface area contributed by atoms with E-state index in [4.69, 9.17) is 5.73 Å². The smallest absolute Gasteiger partial charge is 0.324 e. The van der Waals surface area contributed by atoms with Gasteiger partial charge in [0.2, 0.25) is 5.91 Å². The summed E-state index contributed by atoms with van der Waals surface area (Å²) >= 11 is 0. The number of fused-ring (bicyclic) bond motifs is 1. The molecule has 1 aliphatic rings. The van der Waals surface area contributed by atoms with Crippen LogP contribution in [0.5, 0.6) is 0 Å². The fourth-order valence-electron chi connectivity index (χ4n) is 2.14. The average Bonchev–Trinajstić information content (AvgIpc) is 2.42. The molecule has 2 heterocycles. The van der Waals surface area contributed by atoms with E-state index in [2.05, 4.69) is 4.98 Å². The highest BCUT2D eigenvalue weighted by Crippen LogP contribution is 2.27. The van der Waals surface area contributed by atoms with E-state index in [-0.39, 0.29) is 6.03 Å². The van der Waals surface area contributed by atoms with Gasteiger partial charge in [0.05, 0.1) is 17.9 Å². The van der Waals surface area contributed by atoms with E-state index in [1.54, 1.807) is 48.8 Å². The molecule has 0 bridgehead atoms. The molecule has 1 unspecified atom stereocenters.